The number of likely N-dealkylation sites (tertiary alicyclic amines) is 1. The molecule has 1 fully saturated rings. The average molecular weight is 541 g/mol. The van der Waals surface area contributed by atoms with Crippen LogP contribution >= 0.6 is 0 Å². The van der Waals surface area contributed by atoms with Crippen LogP contribution < -0.4 is 10.9 Å². The Morgan fingerprint density at radius 3 is 2.79 bits per heavy atom. The maximum Gasteiger partial charge on any atom is 0.407 e. The summed E-state index contributed by atoms with van der Waals surface area (Å²) in [6, 6.07) is 12.7. The standard InChI is InChI=1S/C27H26F2N4O6/c1-38-25(36)21-10-5-13-33(21)22(34)15-30-26(37)39-16-27(28,29)12-11-17-6-4-7-18(14-17)23-24(35)32-20-9-3-2-8-19(20)31-23/h2-4,6-9,11-12,14,21H,5,10,13,15-16H2,1H3,(H,30,37)(H,32,35)/b12-11+/t21-/m0/s1. The fourth-order valence-corrected chi connectivity index (χ4v) is 4.19. The summed E-state index contributed by atoms with van der Waals surface area (Å²) in [6.07, 6.45) is 1.57. The number of amides is 2. The molecule has 0 unspecified atom stereocenters. The number of fused-ring (bicyclic) bond motifs is 1. The van der Waals surface area contributed by atoms with E-state index < -0.39 is 48.6 Å². The normalized spacial score (nSPS) is 15.5. The number of para-hydroxylation sites is 2. The number of alkyl carbamates (subject to hydrolysis) is 1. The van der Waals surface area contributed by atoms with Gasteiger partial charge in [0.05, 0.1) is 18.1 Å². The number of carbonyl (C=O) groups excluding carboxylic acids is 3. The van der Waals surface area contributed by atoms with E-state index in [1.54, 1.807) is 42.5 Å². The summed E-state index contributed by atoms with van der Waals surface area (Å²) in [7, 11) is 1.22. The van der Waals surface area contributed by atoms with Crippen LogP contribution in [0.4, 0.5) is 13.6 Å². The summed E-state index contributed by atoms with van der Waals surface area (Å²) >= 11 is 0. The van der Waals surface area contributed by atoms with E-state index >= 15 is 0 Å². The highest BCUT2D eigenvalue weighted by Gasteiger charge is 2.35. The van der Waals surface area contributed by atoms with E-state index in [1.807, 2.05) is 0 Å². The van der Waals surface area contributed by atoms with Crippen LogP contribution in [0.1, 0.15) is 18.4 Å². The van der Waals surface area contributed by atoms with Crippen molar-refractivity contribution in [2.75, 3.05) is 26.8 Å². The number of ether oxygens (including phenoxy) is 2. The van der Waals surface area contributed by atoms with Gasteiger partial charge in [0.25, 0.3) is 11.5 Å². The molecule has 204 valence electrons. The molecule has 2 heterocycles. The lowest BCUT2D eigenvalue weighted by atomic mass is 10.1. The van der Waals surface area contributed by atoms with Gasteiger partial charge in [-0.2, -0.15) is 8.78 Å². The van der Waals surface area contributed by atoms with Crippen molar-refractivity contribution in [2.45, 2.75) is 24.8 Å². The van der Waals surface area contributed by atoms with Gasteiger partial charge in [-0.05, 0) is 42.7 Å². The van der Waals surface area contributed by atoms with Gasteiger partial charge in [0.1, 0.15) is 18.3 Å². The lowest BCUT2D eigenvalue weighted by Crippen LogP contribution is -2.46. The zero-order chi connectivity index (χ0) is 28.0. The van der Waals surface area contributed by atoms with Gasteiger partial charge in [-0.1, -0.05) is 36.4 Å². The first kappa shape index (κ1) is 27.4. The van der Waals surface area contributed by atoms with Gasteiger partial charge in [-0.15, -0.1) is 0 Å². The second kappa shape index (κ2) is 11.8. The molecule has 1 saturated heterocycles. The molecule has 0 bridgehead atoms. The highest BCUT2D eigenvalue weighted by Crippen LogP contribution is 2.22. The number of aromatic amines is 1. The molecule has 2 aromatic carbocycles. The summed E-state index contributed by atoms with van der Waals surface area (Å²) in [5.74, 6) is -4.62. The number of aromatic nitrogens is 2. The van der Waals surface area contributed by atoms with E-state index in [4.69, 9.17) is 0 Å². The third-order valence-corrected chi connectivity index (χ3v) is 6.11. The number of hydrogen-bond donors (Lipinski definition) is 2. The number of halogens is 2. The van der Waals surface area contributed by atoms with Crippen molar-refractivity contribution >= 4 is 35.1 Å². The first-order valence-electron chi connectivity index (χ1n) is 12.1. The number of hydrogen-bond acceptors (Lipinski definition) is 7. The van der Waals surface area contributed by atoms with Gasteiger partial charge in [0, 0.05) is 12.1 Å². The van der Waals surface area contributed by atoms with E-state index in [0.717, 1.165) is 6.08 Å². The fraction of sp³-hybridized carbons (Fsp3) is 0.296. The fourth-order valence-electron chi connectivity index (χ4n) is 4.19. The molecule has 0 aliphatic carbocycles. The highest BCUT2D eigenvalue weighted by atomic mass is 19.3. The Kier molecular flexibility index (Phi) is 8.33. The lowest BCUT2D eigenvalue weighted by Gasteiger charge is -2.22. The maximum absolute atomic E-state index is 14.4. The number of nitrogens with zero attached hydrogens (tertiary/aromatic N) is 2. The number of H-pyrrole nitrogens is 1. The Hall–Kier alpha value is -4.61. The Bertz CT molecular complexity index is 1470. The predicted molar refractivity (Wildman–Crippen MR) is 138 cm³/mol. The van der Waals surface area contributed by atoms with Crippen LogP contribution in [0.15, 0.2) is 59.4 Å². The third-order valence-electron chi connectivity index (χ3n) is 6.11. The number of carbonyl (C=O) groups is 3. The van der Waals surface area contributed by atoms with Crippen molar-refractivity contribution in [1.29, 1.82) is 0 Å². The third kappa shape index (κ3) is 6.83. The molecular formula is C27H26F2N4O6. The van der Waals surface area contributed by atoms with Crippen LogP contribution in [0, 0.1) is 0 Å². The SMILES string of the molecule is COC(=O)[C@@H]1CCCN1C(=O)CNC(=O)OCC(F)(F)/C=C/c1cccc(-c2nc3ccccc3[nH]c2=O)c1. The second-order valence-electron chi connectivity index (χ2n) is 8.85. The van der Waals surface area contributed by atoms with Gasteiger partial charge in [-0.25, -0.2) is 14.6 Å². The molecule has 0 radical (unpaired) electrons. The average Bonchev–Trinajstić information content (AvgIpc) is 3.43. The zero-order valence-corrected chi connectivity index (χ0v) is 21.0. The number of rotatable bonds is 8. The quantitative estimate of drug-likeness (QED) is 0.420. The van der Waals surface area contributed by atoms with Crippen LogP contribution in [0.5, 0.6) is 0 Å². The molecule has 2 N–H and O–H groups in total. The highest BCUT2D eigenvalue weighted by molar-refractivity contribution is 5.87. The van der Waals surface area contributed by atoms with E-state index in [0.29, 0.717) is 47.6 Å². The zero-order valence-electron chi connectivity index (χ0n) is 21.0. The lowest BCUT2D eigenvalue weighted by molar-refractivity contribution is -0.150. The Labute approximate surface area is 221 Å². The van der Waals surface area contributed by atoms with Crippen LogP contribution in [-0.2, 0) is 19.1 Å². The van der Waals surface area contributed by atoms with E-state index in [1.165, 1.54) is 18.1 Å². The molecule has 3 aromatic rings. The summed E-state index contributed by atoms with van der Waals surface area (Å²) in [5.41, 5.74) is 1.72. The van der Waals surface area contributed by atoms with E-state index in [-0.39, 0.29) is 5.69 Å². The van der Waals surface area contributed by atoms with Crippen LogP contribution in [0.3, 0.4) is 0 Å². The topological polar surface area (TPSA) is 131 Å². The number of benzene rings is 2. The molecular weight excluding hydrogens is 514 g/mol. The largest absolute Gasteiger partial charge is 0.467 e. The van der Waals surface area contributed by atoms with Crippen molar-refractivity contribution in [2.24, 2.45) is 0 Å². The van der Waals surface area contributed by atoms with Gasteiger partial charge < -0.3 is 24.7 Å². The van der Waals surface area contributed by atoms with Crippen molar-refractivity contribution in [3.63, 3.8) is 0 Å². The summed E-state index contributed by atoms with van der Waals surface area (Å²) in [4.78, 5) is 56.9. The molecule has 1 aliphatic rings. The van der Waals surface area contributed by atoms with Gasteiger partial charge in [-0.3, -0.25) is 9.59 Å². The molecule has 4 rings (SSSR count). The van der Waals surface area contributed by atoms with Crippen molar-refractivity contribution < 1.29 is 32.6 Å². The van der Waals surface area contributed by atoms with Gasteiger partial charge in [0.15, 0.2) is 6.61 Å². The monoisotopic (exact) mass is 540 g/mol. The molecule has 1 aromatic heterocycles. The van der Waals surface area contributed by atoms with Gasteiger partial charge >= 0.3 is 12.1 Å². The molecule has 0 spiro atoms. The van der Waals surface area contributed by atoms with Gasteiger partial charge in [0.2, 0.25) is 5.91 Å². The van der Waals surface area contributed by atoms with E-state index in [9.17, 15) is 28.0 Å². The van der Waals surface area contributed by atoms with Crippen molar-refractivity contribution in [3.05, 3.63) is 70.5 Å². The van der Waals surface area contributed by atoms with Crippen LogP contribution in [-0.4, -0.2) is 71.6 Å². The first-order valence-corrected chi connectivity index (χ1v) is 12.1. The molecule has 0 saturated carbocycles. The number of esters is 1. The Balaban J connectivity index is 1.33. The van der Waals surface area contributed by atoms with Crippen LogP contribution in [0.2, 0.25) is 0 Å². The Morgan fingerprint density at radius 2 is 2.00 bits per heavy atom. The molecule has 2 amide bonds. The molecule has 10 nitrogen and oxygen atoms in total. The van der Waals surface area contributed by atoms with Crippen LogP contribution in [0.25, 0.3) is 28.4 Å². The summed E-state index contributed by atoms with van der Waals surface area (Å²) in [6.45, 7) is -1.45. The van der Waals surface area contributed by atoms with Crippen molar-refractivity contribution in [3.8, 4) is 11.3 Å². The number of methoxy groups -OCH3 is 1. The van der Waals surface area contributed by atoms with E-state index in [2.05, 4.69) is 24.8 Å². The summed E-state index contributed by atoms with van der Waals surface area (Å²) < 4.78 is 38.0. The minimum atomic E-state index is -3.51. The minimum absolute atomic E-state index is 0.150. The number of nitrogens with one attached hydrogen (secondary N) is 2. The smallest absolute Gasteiger partial charge is 0.407 e. The summed E-state index contributed by atoms with van der Waals surface area (Å²) in [5, 5.41) is 2.13. The minimum Gasteiger partial charge on any atom is -0.467 e. The van der Waals surface area contributed by atoms with Crippen molar-refractivity contribution in [1.82, 2.24) is 20.2 Å². The first-order chi connectivity index (χ1) is 18.7. The molecule has 1 aliphatic heterocycles. The second-order valence-corrected chi connectivity index (χ2v) is 8.85. The number of alkyl halides is 2. The predicted octanol–water partition coefficient (Wildman–Crippen LogP) is 3.13. The Morgan fingerprint density at radius 1 is 1.21 bits per heavy atom. The molecule has 1 atom stereocenters. The molecule has 39 heavy (non-hydrogen) atoms. The molecule has 12 heteroatoms. The maximum atomic E-state index is 14.4.